The molecule has 1 aliphatic heterocycles. The van der Waals surface area contributed by atoms with E-state index in [4.69, 9.17) is 4.98 Å². The van der Waals surface area contributed by atoms with E-state index < -0.39 is 0 Å². The third kappa shape index (κ3) is 3.04. The Morgan fingerprint density at radius 3 is 2.82 bits per heavy atom. The molecule has 0 amide bonds. The first-order valence-corrected chi connectivity index (χ1v) is 8.72. The van der Waals surface area contributed by atoms with Gasteiger partial charge in [-0.15, -0.1) is 0 Å². The summed E-state index contributed by atoms with van der Waals surface area (Å²) in [7, 11) is 0. The van der Waals surface area contributed by atoms with Crippen LogP contribution in [-0.4, -0.2) is 32.4 Å². The second-order valence-corrected chi connectivity index (χ2v) is 6.83. The second kappa shape index (κ2) is 5.79. The lowest BCUT2D eigenvalue weighted by Crippen LogP contribution is -2.21. The highest BCUT2D eigenvalue weighted by Gasteiger charge is 2.27. The number of nitrogens with zero attached hydrogens (tertiary/aromatic N) is 5. The number of hydrogen-bond acceptors (Lipinski definition) is 7. The fraction of sp³-hybridized carbons (Fsp3) is 0.600. The lowest BCUT2D eigenvalue weighted by atomic mass is 10.3. The summed E-state index contributed by atoms with van der Waals surface area (Å²) in [5, 5.41) is 4.23. The summed E-state index contributed by atoms with van der Waals surface area (Å²) < 4.78 is 4.42. The van der Waals surface area contributed by atoms with Gasteiger partial charge in [-0.2, -0.15) is 4.37 Å². The molecule has 2 aliphatic rings. The monoisotopic (exact) mass is 316 g/mol. The highest BCUT2D eigenvalue weighted by atomic mass is 32.1. The molecule has 22 heavy (non-hydrogen) atoms. The Balaban J connectivity index is 1.44. The van der Waals surface area contributed by atoms with E-state index in [0.29, 0.717) is 12.5 Å². The summed E-state index contributed by atoms with van der Waals surface area (Å²) in [6.45, 7) is 4.83. The SMILES string of the molecule is Cc1cc(CNc2nc(C3CC3)ns2)nc(N2CCCC2)n1. The molecule has 1 N–H and O–H groups in total. The summed E-state index contributed by atoms with van der Waals surface area (Å²) in [5.41, 5.74) is 2.03. The lowest BCUT2D eigenvalue weighted by Gasteiger charge is -2.16. The van der Waals surface area contributed by atoms with E-state index in [9.17, 15) is 0 Å². The topological polar surface area (TPSA) is 66.8 Å². The lowest BCUT2D eigenvalue weighted by molar-refractivity contribution is 0.865. The van der Waals surface area contributed by atoms with Crippen LogP contribution in [0.4, 0.5) is 11.1 Å². The normalized spacial score (nSPS) is 18.0. The predicted octanol–water partition coefficient (Wildman–Crippen LogP) is 2.73. The predicted molar refractivity (Wildman–Crippen MR) is 87.4 cm³/mol. The molecule has 0 radical (unpaired) electrons. The molecular weight excluding hydrogens is 296 g/mol. The van der Waals surface area contributed by atoms with E-state index in [1.807, 2.05) is 13.0 Å². The number of rotatable bonds is 5. The van der Waals surface area contributed by atoms with Crippen LogP contribution in [0, 0.1) is 6.92 Å². The molecule has 0 bridgehead atoms. The van der Waals surface area contributed by atoms with Crippen LogP contribution in [0.25, 0.3) is 0 Å². The van der Waals surface area contributed by atoms with Crippen LogP contribution in [-0.2, 0) is 6.54 Å². The Labute approximate surface area is 134 Å². The maximum atomic E-state index is 4.69. The smallest absolute Gasteiger partial charge is 0.225 e. The van der Waals surface area contributed by atoms with Crippen molar-refractivity contribution in [2.24, 2.45) is 0 Å². The van der Waals surface area contributed by atoms with Crippen molar-refractivity contribution in [1.82, 2.24) is 19.3 Å². The summed E-state index contributed by atoms with van der Waals surface area (Å²) in [4.78, 5) is 16.1. The van der Waals surface area contributed by atoms with E-state index in [1.54, 1.807) is 0 Å². The van der Waals surface area contributed by atoms with Crippen LogP contribution < -0.4 is 10.2 Å². The molecule has 1 saturated carbocycles. The van der Waals surface area contributed by atoms with Gasteiger partial charge in [-0.05, 0) is 38.7 Å². The Morgan fingerprint density at radius 1 is 1.23 bits per heavy atom. The van der Waals surface area contributed by atoms with Crippen molar-refractivity contribution in [3.63, 3.8) is 0 Å². The minimum atomic E-state index is 0.606. The summed E-state index contributed by atoms with van der Waals surface area (Å²) in [5.74, 6) is 2.48. The van der Waals surface area contributed by atoms with Gasteiger partial charge < -0.3 is 10.2 Å². The summed E-state index contributed by atoms with van der Waals surface area (Å²) in [6, 6.07) is 2.04. The maximum absolute atomic E-state index is 4.69. The average molecular weight is 316 g/mol. The third-order valence-corrected chi connectivity index (χ3v) is 4.78. The number of anilines is 2. The van der Waals surface area contributed by atoms with E-state index in [-0.39, 0.29) is 0 Å². The van der Waals surface area contributed by atoms with Crippen molar-refractivity contribution < 1.29 is 0 Å². The summed E-state index contributed by atoms with van der Waals surface area (Å²) >= 11 is 1.44. The zero-order valence-corrected chi connectivity index (χ0v) is 13.6. The number of hydrogen-bond donors (Lipinski definition) is 1. The molecule has 7 heteroatoms. The first kappa shape index (κ1) is 13.9. The minimum Gasteiger partial charge on any atom is -0.355 e. The molecule has 116 valence electrons. The van der Waals surface area contributed by atoms with Crippen LogP contribution >= 0.6 is 11.5 Å². The van der Waals surface area contributed by atoms with Crippen molar-refractivity contribution >= 4 is 22.6 Å². The van der Waals surface area contributed by atoms with E-state index in [1.165, 1.54) is 37.2 Å². The van der Waals surface area contributed by atoms with Gasteiger partial charge in [-0.3, -0.25) is 0 Å². The van der Waals surface area contributed by atoms with Gasteiger partial charge in [0.25, 0.3) is 0 Å². The molecule has 1 aliphatic carbocycles. The molecule has 2 aromatic rings. The first-order chi connectivity index (χ1) is 10.8. The minimum absolute atomic E-state index is 0.606. The molecule has 4 rings (SSSR count). The molecular formula is C15H20N6S. The van der Waals surface area contributed by atoms with Gasteiger partial charge in [0.05, 0.1) is 12.2 Å². The molecule has 0 spiro atoms. The second-order valence-electron chi connectivity index (χ2n) is 6.08. The van der Waals surface area contributed by atoms with Crippen molar-refractivity contribution in [2.75, 3.05) is 23.3 Å². The van der Waals surface area contributed by atoms with Gasteiger partial charge in [0.1, 0.15) is 5.82 Å². The van der Waals surface area contributed by atoms with E-state index in [2.05, 4.69) is 24.6 Å². The molecule has 0 unspecified atom stereocenters. The fourth-order valence-corrected chi connectivity index (χ4v) is 3.39. The standard InChI is InChI=1S/C15H20N6S/c1-10-8-12(18-14(17-10)21-6-2-3-7-21)9-16-15-19-13(20-22-15)11-4-5-11/h8,11H,2-7,9H2,1H3,(H,16,19,20). The molecule has 3 heterocycles. The first-order valence-electron chi connectivity index (χ1n) is 7.95. The van der Waals surface area contributed by atoms with Gasteiger partial charge >= 0.3 is 0 Å². The zero-order valence-electron chi connectivity index (χ0n) is 12.7. The van der Waals surface area contributed by atoms with Crippen LogP contribution in [0.3, 0.4) is 0 Å². The van der Waals surface area contributed by atoms with Gasteiger partial charge in [-0.1, -0.05) is 0 Å². The van der Waals surface area contributed by atoms with E-state index >= 15 is 0 Å². The highest BCUT2D eigenvalue weighted by Crippen LogP contribution is 2.39. The molecule has 0 aromatic carbocycles. The maximum Gasteiger partial charge on any atom is 0.225 e. The number of aryl methyl sites for hydroxylation is 1. The fourth-order valence-electron chi connectivity index (χ4n) is 2.75. The zero-order chi connectivity index (χ0) is 14.9. The van der Waals surface area contributed by atoms with Crippen LogP contribution in [0.2, 0.25) is 0 Å². The van der Waals surface area contributed by atoms with Crippen molar-refractivity contribution in [3.8, 4) is 0 Å². The van der Waals surface area contributed by atoms with Crippen molar-refractivity contribution in [3.05, 3.63) is 23.3 Å². The van der Waals surface area contributed by atoms with Crippen LogP contribution in [0.1, 0.15) is 48.8 Å². The Kier molecular flexibility index (Phi) is 3.65. The largest absolute Gasteiger partial charge is 0.355 e. The average Bonchev–Trinajstić information content (AvgIpc) is 3.04. The van der Waals surface area contributed by atoms with Crippen LogP contribution in [0.15, 0.2) is 6.07 Å². The Bertz CT molecular complexity index is 660. The van der Waals surface area contributed by atoms with E-state index in [0.717, 1.165) is 41.4 Å². The Morgan fingerprint density at radius 2 is 2.05 bits per heavy atom. The number of nitrogens with one attached hydrogen (secondary N) is 1. The molecule has 6 nitrogen and oxygen atoms in total. The highest BCUT2D eigenvalue weighted by molar-refractivity contribution is 7.09. The van der Waals surface area contributed by atoms with Gasteiger partial charge in [0, 0.05) is 36.2 Å². The van der Waals surface area contributed by atoms with Gasteiger partial charge in [0.2, 0.25) is 11.1 Å². The molecule has 2 aromatic heterocycles. The Hall–Kier alpha value is -1.76. The van der Waals surface area contributed by atoms with Crippen LogP contribution in [0.5, 0.6) is 0 Å². The van der Waals surface area contributed by atoms with Gasteiger partial charge in [-0.25, -0.2) is 15.0 Å². The van der Waals surface area contributed by atoms with Crippen molar-refractivity contribution in [1.29, 1.82) is 0 Å². The quantitative estimate of drug-likeness (QED) is 0.915. The molecule has 1 saturated heterocycles. The number of aromatic nitrogens is 4. The molecule has 2 fully saturated rings. The van der Waals surface area contributed by atoms with Gasteiger partial charge in [0.15, 0.2) is 0 Å². The summed E-state index contributed by atoms with van der Waals surface area (Å²) in [6.07, 6.45) is 4.94. The molecule has 0 atom stereocenters. The van der Waals surface area contributed by atoms with Crippen molar-refractivity contribution in [2.45, 2.75) is 45.1 Å². The third-order valence-electron chi connectivity index (χ3n) is 4.09.